The largest absolute Gasteiger partial charge is 0.491 e. The lowest BCUT2D eigenvalue weighted by molar-refractivity contribution is -0.742. The number of hydrogen-bond donors (Lipinski definition) is 1. The van der Waals surface area contributed by atoms with Crippen LogP contribution in [-0.2, 0) is 28.4 Å². The smallest absolute Gasteiger partial charge is 0.291 e. The van der Waals surface area contributed by atoms with Crippen LogP contribution in [0.4, 0.5) is 0 Å². The van der Waals surface area contributed by atoms with E-state index >= 15 is 0 Å². The van der Waals surface area contributed by atoms with Crippen molar-refractivity contribution in [2.45, 2.75) is 37.1 Å². The summed E-state index contributed by atoms with van der Waals surface area (Å²) in [5.41, 5.74) is 2.84. The first-order chi connectivity index (χ1) is 19.2. The molecular weight excluding hydrogens is 583 g/mol. The number of rotatable bonds is 9. The highest BCUT2D eigenvalue weighted by atomic mass is 35.5. The van der Waals surface area contributed by atoms with Gasteiger partial charge in [-0.2, -0.15) is 5.10 Å². The molecule has 0 aliphatic carbocycles. The minimum Gasteiger partial charge on any atom is -0.491 e. The van der Waals surface area contributed by atoms with Crippen LogP contribution in [0, 0.1) is 10.1 Å². The van der Waals surface area contributed by atoms with Gasteiger partial charge in [0.15, 0.2) is 5.16 Å². The molecule has 12 nitrogen and oxygen atoms in total. The molecule has 1 aliphatic heterocycles. The highest BCUT2D eigenvalue weighted by Crippen LogP contribution is 2.40. The summed E-state index contributed by atoms with van der Waals surface area (Å²) in [6.07, 6.45) is 6.70. The maximum Gasteiger partial charge on any atom is 0.291 e. The minimum atomic E-state index is -1.50. The molecule has 3 heterocycles. The van der Waals surface area contributed by atoms with E-state index in [0.29, 0.717) is 28.8 Å². The second-order valence-corrected chi connectivity index (χ2v) is 10.1. The molecule has 4 aromatic rings. The van der Waals surface area contributed by atoms with Gasteiger partial charge in [-0.1, -0.05) is 41.0 Å². The third-order valence-electron chi connectivity index (χ3n) is 5.94. The molecule has 0 amide bonds. The van der Waals surface area contributed by atoms with Crippen molar-refractivity contribution in [2.75, 3.05) is 19.5 Å². The van der Waals surface area contributed by atoms with Crippen molar-refractivity contribution in [3.63, 3.8) is 0 Å². The minimum absolute atomic E-state index is 0.280. The van der Waals surface area contributed by atoms with E-state index in [4.69, 9.17) is 52.7 Å². The molecule has 40 heavy (non-hydrogen) atoms. The van der Waals surface area contributed by atoms with Crippen LogP contribution in [0.25, 0.3) is 11.3 Å². The van der Waals surface area contributed by atoms with Crippen molar-refractivity contribution in [1.82, 2.24) is 24.3 Å². The van der Waals surface area contributed by atoms with E-state index in [1.807, 2.05) is 42.8 Å². The fraction of sp³-hybridized carbons (Fsp3) is 0.320. The molecule has 1 N–H and O–H groups in total. The summed E-state index contributed by atoms with van der Waals surface area (Å²) in [5.74, 6) is -0.394. The average Bonchev–Trinajstić information content (AvgIpc) is 3.68. The molecule has 15 heteroatoms. The Labute approximate surface area is 243 Å². The number of halogens is 2. The lowest BCUT2D eigenvalue weighted by Gasteiger charge is -2.29. The Kier molecular flexibility index (Phi) is 9.87. The quantitative estimate of drug-likeness (QED) is 0.153. The molecule has 0 unspecified atom stereocenters. The van der Waals surface area contributed by atoms with Gasteiger partial charge in [-0.3, -0.25) is 0 Å². The Hall–Kier alpha value is -3.36. The van der Waals surface area contributed by atoms with Gasteiger partial charge in [0.25, 0.3) is 5.09 Å². The van der Waals surface area contributed by atoms with Gasteiger partial charge < -0.3 is 24.0 Å². The van der Waals surface area contributed by atoms with Crippen LogP contribution in [0.5, 0.6) is 5.75 Å². The molecule has 212 valence electrons. The monoisotopic (exact) mass is 608 g/mol. The van der Waals surface area contributed by atoms with Gasteiger partial charge in [-0.25, -0.2) is 14.6 Å². The topological polar surface area (TPSA) is 140 Å². The number of nitrogens with zero attached hydrogens (tertiary/aromatic N) is 6. The lowest BCUT2D eigenvalue weighted by Crippen LogP contribution is -2.35. The zero-order chi connectivity index (χ0) is 28.7. The second-order valence-electron chi connectivity index (χ2n) is 8.47. The van der Waals surface area contributed by atoms with E-state index in [9.17, 15) is 0 Å². The standard InChI is InChI=1S/C25H25Cl2N5O3S.HNO3/c1-3-32-23(11-29-24(32)36-2)17-4-7-19(8-5-17)33-12-20-13-34-25(35-20,14-31-16-28-15-30-31)21-9-6-18(26)10-22(21)27;2-1(3)4/h4-11,15-16,20H,3,12-14H2,1-2H3;(H,2,3,4)/t20-,25-;/m1./s1. The first-order valence-electron chi connectivity index (χ1n) is 12.0. The lowest BCUT2D eigenvalue weighted by atomic mass is 10.1. The molecule has 0 spiro atoms. The zero-order valence-electron chi connectivity index (χ0n) is 21.5. The maximum atomic E-state index is 8.36. The molecule has 5 rings (SSSR count). The van der Waals surface area contributed by atoms with Crippen molar-refractivity contribution in [3.8, 4) is 17.0 Å². The van der Waals surface area contributed by atoms with Crippen molar-refractivity contribution in [3.05, 3.63) is 87.0 Å². The Morgan fingerprint density at radius 2 is 2.02 bits per heavy atom. The molecule has 2 aromatic carbocycles. The summed E-state index contributed by atoms with van der Waals surface area (Å²) in [7, 11) is 0. The van der Waals surface area contributed by atoms with Gasteiger partial charge in [0.1, 0.15) is 37.7 Å². The summed E-state index contributed by atoms with van der Waals surface area (Å²) in [6.45, 7) is 3.90. The van der Waals surface area contributed by atoms with E-state index in [-0.39, 0.29) is 12.6 Å². The average molecular weight is 609 g/mol. The van der Waals surface area contributed by atoms with E-state index in [2.05, 4.69) is 26.6 Å². The maximum absolute atomic E-state index is 8.36. The highest BCUT2D eigenvalue weighted by Gasteiger charge is 2.45. The number of aromatic nitrogens is 5. The van der Waals surface area contributed by atoms with E-state index in [0.717, 1.165) is 28.7 Å². The van der Waals surface area contributed by atoms with Crippen molar-refractivity contribution >= 4 is 35.0 Å². The van der Waals surface area contributed by atoms with E-state index < -0.39 is 10.9 Å². The third kappa shape index (κ3) is 7.04. The van der Waals surface area contributed by atoms with Crippen LogP contribution >= 0.6 is 35.0 Å². The Bertz CT molecular complexity index is 1420. The van der Waals surface area contributed by atoms with Crippen molar-refractivity contribution < 1.29 is 24.5 Å². The molecule has 2 atom stereocenters. The molecule has 1 fully saturated rings. The first kappa shape index (κ1) is 29.6. The van der Waals surface area contributed by atoms with Gasteiger partial charge >= 0.3 is 0 Å². The predicted molar refractivity (Wildman–Crippen MR) is 148 cm³/mol. The van der Waals surface area contributed by atoms with Crippen molar-refractivity contribution in [1.29, 1.82) is 0 Å². The van der Waals surface area contributed by atoms with Gasteiger partial charge in [0.2, 0.25) is 5.79 Å². The SMILES string of the molecule is CCn1c(-c2ccc(OC[C@@H]3CO[C@@](Cn4cncn4)(c4ccc(Cl)cc4Cl)O3)cc2)cnc1SC.O=[N+]([O-])O. The van der Waals surface area contributed by atoms with Gasteiger partial charge in [0, 0.05) is 22.7 Å². The number of thioether (sulfide) groups is 1. The van der Waals surface area contributed by atoms with Crippen LogP contribution in [-0.4, -0.2) is 60.2 Å². The summed E-state index contributed by atoms with van der Waals surface area (Å²) in [5, 5.41) is 19.8. The van der Waals surface area contributed by atoms with Crippen LogP contribution in [0.3, 0.4) is 0 Å². The number of imidazole rings is 1. The fourth-order valence-electron chi connectivity index (χ4n) is 4.25. The van der Waals surface area contributed by atoms with E-state index in [1.165, 1.54) is 6.33 Å². The van der Waals surface area contributed by atoms with Crippen LogP contribution in [0.15, 0.2) is 66.5 Å². The highest BCUT2D eigenvalue weighted by molar-refractivity contribution is 7.98. The second kappa shape index (κ2) is 13.3. The van der Waals surface area contributed by atoms with Gasteiger partial charge in [0.05, 0.1) is 23.5 Å². The normalized spacial score (nSPS) is 18.2. The first-order valence-corrected chi connectivity index (χ1v) is 14.0. The Morgan fingerprint density at radius 3 is 2.65 bits per heavy atom. The summed E-state index contributed by atoms with van der Waals surface area (Å²) >= 11 is 14.3. The van der Waals surface area contributed by atoms with Crippen LogP contribution in [0.1, 0.15) is 12.5 Å². The van der Waals surface area contributed by atoms with E-state index in [1.54, 1.807) is 34.9 Å². The van der Waals surface area contributed by atoms with Crippen LogP contribution < -0.4 is 4.74 Å². The molecule has 0 saturated carbocycles. The predicted octanol–water partition coefficient (Wildman–Crippen LogP) is 5.19. The van der Waals surface area contributed by atoms with Crippen LogP contribution in [0.2, 0.25) is 10.0 Å². The third-order valence-corrected chi connectivity index (χ3v) is 7.18. The molecule has 1 aliphatic rings. The summed E-state index contributed by atoms with van der Waals surface area (Å²) < 4.78 is 22.5. The molecule has 0 bridgehead atoms. The molecular formula is C25H26Cl2N6O6S. The molecule has 0 radical (unpaired) electrons. The van der Waals surface area contributed by atoms with Crippen molar-refractivity contribution in [2.24, 2.45) is 0 Å². The van der Waals surface area contributed by atoms with Gasteiger partial charge in [-0.05, 0) is 49.6 Å². The Balaban J connectivity index is 0.000000867. The number of ether oxygens (including phenoxy) is 3. The zero-order valence-corrected chi connectivity index (χ0v) is 23.8. The Morgan fingerprint density at radius 1 is 1.27 bits per heavy atom. The summed E-state index contributed by atoms with van der Waals surface area (Å²) in [6, 6.07) is 13.2. The number of benzene rings is 2. The fourth-order valence-corrected chi connectivity index (χ4v) is 5.41. The molecule has 1 saturated heterocycles. The molecule has 2 aromatic heterocycles. The van der Waals surface area contributed by atoms with Gasteiger partial charge in [-0.15, -0.1) is 10.1 Å². The summed E-state index contributed by atoms with van der Waals surface area (Å²) in [4.78, 5) is 16.9. The number of hydrogen-bond acceptors (Lipinski definition) is 9.